The number of aromatic nitrogens is 2. The molecule has 0 atom stereocenters. The normalized spacial score (nSPS) is 11.1. The maximum absolute atomic E-state index is 13.1. The van der Waals surface area contributed by atoms with Gasteiger partial charge in [0, 0.05) is 4.90 Å². The fourth-order valence-electron chi connectivity index (χ4n) is 1.98. The average Bonchev–Trinajstić information content (AvgIpc) is 3.06. The summed E-state index contributed by atoms with van der Waals surface area (Å²) in [6.07, 6.45) is 0. The maximum atomic E-state index is 13.1. The van der Waals surface area contributed by atoms with E-state index < -0.39 is 11.6 Å². The molecule has 0 fully saturated rings. The number of hydrogen-bond acceptors (Lipinski definition) is 5. The number of hydrogen-bond donors (Lipinski definition) is 0. The first-order valence-electron chi connectivity index (χ1n) is 6.50. The summed E-state index contributed by atoms with van der Waals surface area (Å²) in [7, 11) is 0. The van der Waals surface area contributed by atoms with Gasteiger partial charge in [0.05, 0.1) is 11.3 Å². The van der Waals surface area contributed by atoms with Gasteiger partial charge in [-0.3, -0.25) is 0 Å². The summed E-state index contributed by atoms with van der Waals surface area (Å²) in [6.45, 7) is 3.66. The highest BCUT2D eigenvalue weighted by Gasteiger charge is 2.15. The molecule has 0 unspecified atom stereocenters. The highest BCUT2D eigenvalue weighted by Crippen LogP contribution is 2.28. The molecule has 3 aromatic rings. The van der Waals surface area contributed by atoms with Crippen LogP contribution in [0.4, 0.5) is 8.78 Å². The van der Waals surface area contributed by atoms with E-state index in [2.05, 4.69) is 10.2 Å². The van der Waals surface area contributed by atoms with Crippen LogP contribution in [0.15, 0.2) is 38.0 Å². The van der Waals surface area contributed by atoms with E-state index in [1.54, 1.807) is 0 Å². The molecule has 22 heavy (non-hydrogen) atoms. The van der Waals surface area contributed by atoms with Crippen LogP contribution < -0.4 is 0 Å². The van der Waals surface area contributed by atoms with E-state index in [1.165, 1.54) is 17.8 Å². The summed E-state index contributed by atoms with van der Waals surface area (Å²) < 4.78 is 37.0. The zero-order valence-electron chi connectivity index (χ0n) is 11.9. The Morgan fingerprint density at radius 3 is 2.55 bits per heavy atom. The van der Waals surface area contributed by atoms with Gasteiger partial charge in [0.25, 0.3) is 5.89 Å². The van der Waals surface area contributed by atoms with Crippen molar-refractivity contribution in [3.63, 3.8) is 0 Å². The number of furan rings is 1. The molecule has 0 aliphatic rings. The lowest BCUT2D eigenvalue weighted by atomic mass is 10.2. The zero-order valence-corrected chi connectivity index (χ0v) is 12.7. The Labute approximate surface area is 129 Å². The van der Waals surface area contributed by atoms with Crippen molar-refractivity contribution in [1.29, 1.82) is 0 Å². The lowest BCUT2D eigenvalue weighted by Gasteiger charge is -1.99. The Kier molecular flexibility index (Phi) is 3.98. The molecule has 2 heterocycles. The molecule has 0 bridgehead atoms. The van der Waals surface area contributed by atoms with E-state index >= 15 is 0 Å². The molecule has 0 spiro atoms. The van der Waals surface area contributed by atoms with E-state index in [-0.39, 0.29) is 0 Å². The fourth-order valence-corrected chi connectivity index (χ4v) is 2.73. The maximum Gasteiger partial charge on any atom is 0.251 e. The highest BCUT2D eigenvalue weighted by molar-refractivity contribution is 7.98. The summed E-state index contributed by atoms with van der Waals surface area (Å²) >= 11 is 1.29. The van der Waals surface area contributed by atoms with Gasteiger partial charge in [-0.25, -0.2) is 8.78 Å². The second-order valence-electron chi connectivity index (χ2n) is 4.69. The molecule has 1 aromatic carbocycles. The monoisotopic (exact) mass is 322 g/mol. The molecule has 4 nitrogen and oxygen atoms in total. The molecule has 114 valence electrons. The van der Waals surface area contributed by atoms with Gasteiger partial charge in [-0.2, -0.15) is 0 Å². The van der Waals surface area contributed by atoms with Gasteiger partial charge in [-0.15, -0.1) is 22.0 Å². The minimum Gasteiger partial charge on any atom is -0.466 e. The first kappa shape index (κ1) is 14.8. The van der Waals surface area contributed by atoms with Gasteiger partial charge in [0.1, 0.15) is 11.5 Å². The summed E-state index contributed by atoms with van der Waals surface area (Å²) in [6, 6.07) is 5.56. The third kappa shape index (κ3) is 3.04. The van der Waals surface area contributed by atoms with Crippen molar-refractivity contribution in [3.05, 3.63) is 53.3 Å². The third-order valence-corrected chi connectivity index (χ3v) is 3.97. The van der Waals surface area contributed by atoms with Crippen LogP contribution in [0.2, 0.25) is 0 Å². The Balaban J connectivity index is 1.72. The summed E-state index contributed by atoms with van der Waals surface area (Å²) in [5.74, 6) is 0.895. The summed E-state index contributed by atoms with van der Waals surface area (Å²) in [5, 5.41) is 7.93. The SMILES string of the molecule is Cc1cc(-c2nnc(CSc3ccc(F)c(F)c3)o2)c(C)o1. The molecule has 3 rings (SSSR count). The molecule has 0 saturated heterocycles. The van der Waals surface area contributed by atoms with Crippen molar-refractivity contribution in [2.24, 2.45) is 0 Å². The van der Waals surface area contributed by atoms with Crippen LogP contribution in [0.25, 0.3) is 11.5 Å². The van der Waals surface area contributed by atoms with Crippen molar-refractivity contribution in [2.75, 3.05) is 0 Å². The van der Waals surface area contributed by atoms with E-state index in [9.17, 15) is 8.78 Å². The van der Waals surface area contributed by atoms with Crippen LogP contribution in [-0.4, -0.2) is 10.2 Å². The number of rotatable bonds is 4. The first-order chi connectivity index (χ1) is 10.5. The summed E-state index contributed by atoms with van der Waals surface area (Å²) in [5.41, 5.74) is 0.758. The van der Waals surface area contributed by atoms with Crippen molar-refractivity contribution in [1.82, 2.24) is 10.2 Å². The van der Waals surface area contributed by atoms with Crippen molar-refractivity contribution in [3.8, 4) is 11.5 Å². The predicted octanol–water partition coefficient (Wildman–Crippen LogP) is 4.52. The van der Waals surface area contributed by atoms with Gasteiger partial charge >= 0.3 is 0 Å². The second-order valence-corrected chi connectivity index (χ2v) is 5.74. The highest BCUT2D eigenvalue weighted by atomic mass is 32.2. The number of thioether (sulfide) groups is 1. The smallest absolute Gasteiger partial charge is 0.251 e. The van der Waals surface area contributed by atoms with Crippen LogP contribution in [0.5, 0.6) is 0 Å². The Hall–Kier alpha value is -2.15. The lowest BCUT2D eigenvalue weighted by Crippen LogP contribution is -1.85. The van der Waals surface area contributed by atoms with Gasteiger partial charge in [0.2, 0.25) is 5.89 Å². The minimum atomic E-state index is -0.874. The van der Waals surface area contributed by atoms with E-state index in [4.69, 9.17) is 8.83 Å². The Morgan fingerprint density at radius 1 is 1.05 bits per heavy atom. The van der Waals surface area contributed by atoms with E-state index in [0.717, 1.165) is 23.5 Å². The molecule has 0 radical (unpaired) electrons. The van der Waals surface area contributed by atoms with Crippen molar-refractivity contribution < 1.29 is 17.6 Å². The van der Waals surface area contributed by atoms with Gasteiger partial charge in [-0.05, 0) is 38.1 Å². The number of halogens is 2. The average molecular weight is 322 g/mol. The first-order valence-corrected chi connectivity index (χ1v) is 7.49. The second kappa shape index (κ2) is 5.92. The number of benzene rings is 1. The third-order valence-electron chi connectivity index (χ3n) is 2.99. The van der Waals surface area contributed by atoms with Gasteiger partial charge in [0.15, 0.2) is 11.6 Å². The van der Waals surface area contributed by atoms with Crippen molar-refractivity contribution in [2.45, 2.75) is 24.5 Å². The molecular formula is C15H12F2N2O2S. The van der Waals surface area contributed by atoms with E-state index in [0.29, 0.717) is 28.2 Å². The van der Waals surface area contributed by atoms with Crippen LogP contribution >= 0.6 is 11.8 Å². The van der Waals surface area contributed by atoms with Crippen molar-refractivity contribution >= 4 is 11.8 Å². The number of aryl methyl sites for hydroxylation is 2. The molecule has 2 aromatic heterocycles. The largest absolute Gasteiger partial charge is 0.466 e. The molecule has 7 heteroatoms. The summed E-state index contributed by atoms with van der Waals surface area (Å²) in [4.78, 5) is 0.592. The molecule has 0 N–H and O–H groups in total. The van der Waals surface area contributed by atoms with Crippen LogP contribution in [0.1, 0.15) is 17.4 Å². The molecule has 0 aliphatic carbocycles. The van der Waals surface area contributed by atoms with Gasteiger partial charge in [-0.1, -0.05) is 0 Å². The van der Waals surface area contributed by atoms with E-state index in [1.807, 2.05) is 19.9 Å². The molecular weight excluding hydrogens is 310 g/mol. The van der Waals surface area contributed by atoms with Crippen LogP contribution in [0.3, 0.4) is 0 Å². The topological polar surface area (TPSA) is 52.1 Å². The zero-order chi connectivity index (χ0) is 15.7. The molecule has 0 amide bonds. The molecule has 0 saturated carbocycles. The quantitative estimate of drug-likeness (QED) is 0.661. The van der Waals surface area contributed by atoms with Gasteiger partial charge < -0.3 is 8.83 Å². The Morgan fingerprint density at radius 2 is 1.86 bits per heavy atom. The number of nitrogens with zero attached hydrogens (tertiary/aromatic N) is 2. The fraction of sp³-hybridized carbons (Fsp3) is 0.200. The predicted molar refractivity (Wildman–Crippen MR) is 77.4 cm³/mol. The minimum absolute atomic E-state index is 0.369. The standard InChI is InChI=1S/C15H12F2N2O2S/c1-8-5-11(9(2)20-8)15-19-18-14(21-15)7-22-10-3-4-12(16)13(17)6-10/h3-6H,7H2,1-2H3. The van der Waals surface area contributed by atoms with Crippen LogP contribution in [-0.2, 0) is 5.75 Å². The van der Waals surface area contributed by atoms with Crippen LogP contribution in [0, 0.1) is 25.5 Å². The lowest BCUT2D eigenvalue weighted by molar-refractivity contribution is 0.499. The molecule has 0 aliphatic heterocycles. The Bertz CT molecular complexity index is 814.